The molecule has 0 spiro atoms. The van der Waals surface area contributed by atoms with Crippen LogP contribution in [0.3, 0.4) is 0 Å². The van der Waals surface area contributed by atoms with Crippen molar-refractivity contribution in [3.8, 4) is 0 Å². The van der Waals surface area contributed by atoms with E-state index in [0.29, 0.717) is 0 Å². The number of carboxylic acids is 1. The summed E-state index contributed by atoms with van der Waals surface area (Å²) in [5.41, 5.74) is 0. The Morgan fingerprint density at radius 2 is 1.73 bits per heavy atom. The summed E-state index contributed by atoms with van der Waals surface area (Å²) in [6, 6.07) is 0. The molecule has 0 atom stereocenters. The van der Waals surface area contributed by atoms with Gasteiger partial charge in [0.05, 0.1) is 12.6 Å². The molecule has 0 unspecified atom stereocenters. The van der Waals surface area contributed by atoms with Crippen molar-refractivity contribution in [1.29, 1.82) is 0 Å². The van der Waals surface area contributed by atoms with Crippen LogP contribution in [0.25, 0.3) is 0 Å². The van der Waals surface area contributed by atoms with E-state index in [1.54, 1.807) is 0 Å². The smallest absolute Gasteiger partial charge is 0.548 e. The molecule has 0 aromatic heterocycles. The van der Waals surface area contributed by atoms with Gasteiger partial charge in [-0.05, 0) is 13.8 Å². The number of hydrogen-bond acceptors (Lipinski definition) is 4. The SMILES string of the molecule is CCOCC.O=C([O-])CO.[Na+]. The molecule has 0 aliphatic rings. The minimum atomic E-state index is -1.44. The number of aliphatic hydroxyl groups excluding tert-OH is 1. The van der Waals surface area contributed by atoms with E-state index in [9.17, 15) is 0 Å². The molecule has 0 amide bonds. The predicted octanol–water partition coefficient (Wildman–Crippen LogP) is -4.22. The Bertz CT molecular complexity index is 75.0. The molecule has 0 fully saturated rings. The van der Waals surface area contributed by atoms with Crippen molar-refractivity contribution in [2.75, 3.05) is 19.8 Å². The Morgan fingerprint density at radius 3 is 1.73 bits per heavy atom. The number of aliphatic carboxylic acids is 1. The van der Waals surface area contributed by atoms with Crippen molar-refractivity contribution in [3.05, 3.63) is 0 Å². The van der Waals surface area contributed by atoms with Gasteiger partial charge in [-0.2, -0.15) is 0 Å². The minimum Gasteiger partial charge on any atom is -0.548 e. The molecular weight excluding hydrogens is 159 g/mol. The fraction of sp³-hybridized carbons (Fsp3) is 0.833. The van der Waals surface area contributed by atoms with Gasteiger partial charge in [0.2, 0.25) is 0 Å². The number of hydrogen-bond donors (Lipinski definition) is 1. The first-order valence-electron chi connectivity index (χ1n) is 3.07. The first-order valence-corrected chi connectivity index (χ1v) is 3.07. The molecule has 11 heavy (non-hydrogen) atoms. The average Bonchev–Trinajstić information content (AvgIpc) is 1.91. The summed E-state index contributed by atoms with van der Waals surface area (Å²) >= 11 is 0. The summed E-state index contributed by atoms with van der Waals surface area (Å²) in [5, 5.41) is 16.5. The fourth-order valence-electron chi connectivity index (χ4n) is 0.204. The Hall–Kier alpha value is 0.390. The molecule has 0 aromatic carbocycles. The molecule has 0 saturated carbocycles. The number of carbonyl (C=O) groups excluding carboxylic acids is 1. The van der Waals surface area contributed by atoms with Crippen molar-refractivity contribution < 1.29 is 49.3 Å². The normalized spacial score (nSPS) is 7.18. The van der Waals surface area contributed by atoms with Gasteiger partial charge in [0.15, 0.2) is 0 Å². The van der Waals surface area contributed by atoms with Crippen LogP contribution in [0.4, 0.5) is 0 Å². The van der Waals surface area contributed by atoms with Gasteiger partial charge in [0.25, 0.3) is 0 Å². The van der Waals surface area contributed by atoms with Crippen molar-refractivity contribution in [2.24, 2.45) is 0 Å². The second-order valence-electron chi connectivity index (χ2n) is 1.31. The molecule has 0 aliphatic heterocycles. The van der Waals surface area contributed by atoms with Crippen molar-refractivity contribution in [3.63, 3.8) is 0 Å². The second-order valence-corrected chi connectivity index (χ2v) is 1.31. The van der Waals surface area contributed by atoms with E-state index in [2.05, 4.69) is 0 Å². The van der Waals surface area contributed by atoms with E-state index < -0.39 is 12.6 Å². The summed E-state index contributed by atoms with van der Waals surface area (Å²) in [4.78, 5) is 9.01. The molecule has 62 valence electrons. The molecule has 5 heteroatoms. The Labute approximate surface area is 88.8 Å². The Kier molecular flexibility index (Phi) is 26.6. The number of ether oxygens (including phenoxy) is 1. The molecule has 0 aromatic rings. The monoisotopic (exact) mass is 172 g/mol. The largest absolute Gasteiger partial charge is 1.00 e. The Morgan fingerprint density at radius 1 is 1.45 bits per heavy atom. The Balaban J connectivity index is -0.000000107. The van der Waals surface area contributed by atoms with Crippen LogP contribution in [0.2, 0.25) is 0 Å². The zero-order valence-corrected chi connectivity index (χ0v) is 9.29. The first kappa shape index (κ1) is 17.5. The number of carboxylic acid groups (broad SMARTS) is 1. The van der Waals surface area contributed by atoms with E-state index >= 15 is 0 Å². The van der Waals surface area contributed by atoms with Crippen molar-refractivity contribution in [1.82, 2.24) is 0 Å². The quantitative estimate of drug-likeness (QED) is 0.438. The van der Waals surface area contributed by atoms with E-state index in [1.165, 1.54) is 0 Å². The van der Waals surface area contributed by atoms with Gasteiger partial charge >= 0.3 is 29.6 Å². The molecule has 0 radical (unpaired) electrons. The van der Waals surface area contributed by atoms with Crippen molar-refractivity contribution in [2.45, 2.75) is 13.8 Å². The third-order valence-corrected chi connectivity index (χ3v) is 0.537. The predicted molar refractivity (Wildman–Crippen MR) is 34.3 cm³/mol. The first-order chi connectivity index (χ1) is 4.68. The maximum absolute atomic E-state index is 9.01. The summed E-state index contributed by atoms with van der Waals surface area (Å²) < 4.78 is 4.83. The number of carbonyl (C=O) groups is 1. The van der Waals surface area contributed by atoms with Gasteiger partial charge < -0.3 is 19.7 Å². The van der Waals surface area contributed by atoms with Crippen LogP contribution in [-0.2, 0) is 9.53 Å². The third kappa shape index (κ3) is 37.9. The summed E-state index contributed by atoms with van der Waals surface area (Å²) in [6.45, 7) is 4.78. The molecule has 0 saturated heterocycles. The standard InChI is InChI=1S/C4H10O.C2H4O3.Na/c1-3-5-4-2;3-1-2(4)5;/h3-4H2,1-2H3;3H,1H2,(H,4,5);/q;;+1/p-1. The topological polar surface area (TPSA) is 69.6 Å². The minimum absolute atomic E-state index is 0. The fourth-order valence-corrected chi connectivity index (χ4v) is 0.204. The van der Waals surface area contributed by atoms with Crippen LogP contribution in [0.1, 0.15) is 13.8 Å². The number of rotatable bonds is 3. The van der Waals surface area contributed by atoms with E-state index in [4.69, 9.17) is 19.7 Å². The molecule has 1 N–H and O–H groups in total. The van der Waals surface area contributed by atoms with Crippen molar-refractivity contribution >= 4 is 5.97 Å². The maximum Gasteiger partial charge on any atom is 1.00 e. The van der Waals surface area contributed by atoms with Gasteiger partial charge in [-0.25, -0.2) is 0 Å². The van der Waals surface area contributed by atoms with E-state index in [0.717, 1.165) is 13.2 Å². The van der Waals surface area contributed by atoms with Crippen LogP contribution < -0.4 is 34.7 Å². The van der Waals surface area contributed by atoms with Gasteiger partial charge in [-0.1, -0.05) is 0 Å². The summed E-state index contributed by atoms with van der Waals surface area (Å²) in [5.74, 6) is -1.44. The third-order valence-electron chi connectivity index (χ3n) is 0.537. The number of aliphatic hydroxyl groups is 1. The molecule has 0 heterocycles. The zero-order valence-electron chi connectivity index (χ0n) is 7.29. The molecular formula is C6H13NaO4. The molecule has 4 nitrogen and oxygen atoms in total. The average molecular weight is 172 g/mol. The van der Waals surface area contributed by atoms with Crippen LogP contribution in [0, 0.1) is 0 Å². The van der Waals surface area contributed by atoms with Crippen LogP contribution >= 0.6 is 0 Å². The van der Waals surface area contributed by atoms with Gasteiger partial charge in [-0.3, -0.25) is 0 Å². The van der Waals surface area contributed by atoms with Gasteiger partial charge in [0.1, 0.15) is 0 Å². The van der Waals surface area contributed by atoms with E-state index in [-0.39, 0.29) is 29.6 Å². The van der Waals surface area contributed by atoms with Crippen LogP contribution in [0.15, 0.2) is 0 Å². The van der Waals surface area contributed by atoms with Gasteiger partial charge in [-0.15, -0.1) is 0 Å². The molecule has 0 bridgehead atoms. The second kappa shape index (κ2) is 16.8. The maximum atomic E-state index is 9.01. The summed E-state index contributed by atoms with van der Waals surface area (Å²) in [6.07, 6.45) is 0. The van der Waals surface area contributed by atoms with Crippen LogP contribution in [0.5, 0.6) is 0 Å². The molecule has 0 aliphatic carbocycles. The van der Waals surface area contributed by atoms with Crippen LogP contribution in [-0.4, -0.2) is 30.9 Å². The molecule has 0 rings (SSSR count). The summed E-state index contributed by atoms with van der Waals surface area (Å²) in [7, 11) is 0. The van der Waals surface area contributed by atoms with E-state index in [1.807, 2.05) is 13.8 Å². The van der Waals surface area contributed by atoms with Gasteiger partial charge in [0, 0.05) is 13.2 Å². The zero-order chi connectivity index (χ0) is 8.41.